The van der Waals surface area contributed by atoms with Crippen molar-refractivity contribution in [1.29, 1.82) is 0 Å². The summed E-state index contributed by atoms with van der Waals surface area (Å²) in [5.41, 5.74) is -4.30. The second-order valence-corrected chi connectivity index (χ2v) is 23.7. The Morgan fingerprint density at radius 3 is 2.40 bits per heavy atom. The van der Waals surface area contributed by atoms with E-state index in [9.17, 15) is 65.1 Å². The van der Waals surface area contributed by atoms with E-state index in [2.05, 4.69) is 27.8 Å². The van der Waals surface area contributed by atoms with Crippen LogP contribution in [0.15, 0.2) is 71.6 Å². The first-order valence-corrected chi connectivity index (χ1v) is 27.3. The highest BCUT2D eigenvalue weighted by Crippen LogP contribution is 2.59. The minimum Gasteiger partial charge on any atom is -0.356 e. The number of thiophene rings is 1. The first kappa shape index (κ1) is 53.4. The lowest BCUT2D eigenvalue weighted by atomic mass is 9.85. The number of nitrogens with zero attached hydrogens (tertiary/aromatic N) is 3. The van der Waals surface area contributed by atoms with Crippen molar-refractivity contribution in [1.82, 2.24) is 25.8 Å². The molecule has 18 nitrogen and oxygen atoms in total. The van der Waals surface area contributed by atoms with Crippen molar-refractivity contribution in [3.05, 3.63) is 93.9 Å². The Hall–Kier alpha value is -6.37. The van der Waals surface area contributed by atoms with E-state index in [1.54, 1.807) is 39.0 Å². The van der Waals surface area contributed by atoms with Gasteiger partial charge in [0.2, 0.25) is 29.5 Å². The number of nitrogens with one attached hydrogen (secondary N) is 3. The number of amides is 7. The van der Waals surface area contributed by atoms with Gasteiger partial charge in [-0.15, -0.1) is 11.3 Å². The Kier molecular flexibility index (Phi) is 15.6. The van der Waals surface area contributed by atoms with E-state index in [4.69, 9.17) is 0 Å². The van der Waals surface area contributed by atoms with Crippen LogP contribution in [-0.2, 0) is 50.6 Å². The van der Waals surface area contributed by atoms with Gasteiger partial charge in [-0.3, -0.25) is 43.4 Å². The predicted molar refractivity (Wildman–Crippen MR) is 261 cm³/mol. The van der Waals surface area contributed by atoms with Crippen molar-refractivity contribution in [3.63, 3.8) is 0 Å². The summed E-state index contributed by atoms with van der Waals surface area (Å²) in [6, 6.07) is 12.0. The minimum absolute atomic E-state index is 0.00147. The molecule has 23 heteroatoms. The lowest BCUT2D eigenvalue weighted by molar-refractivity contribution is -0.141. The number of imide groups is 1. The van der Waals surface area contributed by atoms with Gasteiger partial charge in [0, 0.05) is 78.8 Å². The van der Waals surface area contributed by atoms with Gasteiger partial charge in [-0.1, -0.05) is 44.7 Å². The van der Waals surface area contributed by atoms with Crippen LogP contribution < -0.4 is 20.9 Å². The Bertz CT molecular complexity index is 3090. The highest BCUT2D eigenvalue weighted by molar-refractivity contribution is 7.90. The predicted octanol–water partition coefficient (Wildman–Crippen LogP) is 4.80. The maximum Gasteiger partial charge on any atom is 0.399 e. The quantitative estimate of drug-likeness (QED) is 0.0466. The van der Waals surface area contributed by atoms with Crippen LogP contribution in [0, 0.1) is 17.3 Å². The summed E-state index contributed by atoms with van der Waals surface area (Å²) in [4.78, 5) is 116. The first-order chi connectivity index (χ1) is 33.8. The number of piperidine rings is 1. The number of carbonyl (C=O) groups excluding carboxylic acids is 7. The van der Waals surface area contributed by atoms with Crippen LogP contribution in [0.2, 0.25) is 0 Å². The number of hydrogen-bond donors (Lipinski definition) is 5. The van der Waals surface area contributed by atoms with E-state index in [1.807, 2.05) is 0 Å². The average Bonchev–Trinajstić information content (AvgIpc) is 4.06. The van der Waals surface area contributed by atoms with Crippen LogP contribution >= 0.6 is 18.9 Å². The molecule has 7 amide bonds. The van der Waals surface area contributed by atoms with Gasteiger partial charge in [-0.05, 0) is 96.6 Å². The van der Waals surface area contributed by atoms with E-state index in [1.165, 1.54) is 51.1 Å². The third-order valence-electron chi connectivity index (χ3n) is 12.7. The fourth-order valence-corrected chi connectivity index (χ4v) is 10.9. The lowest BCUT2D eigenvalue weighted by Gasteiger charge is -2.36. The Morgan fingerprint density at radius 2 is 1.74 bits per heavy atom. The van der Waals surface area contributed by atoms with Crippen molar-refractivity contribution < 1.29 is 65.1 Å². The number of likely N-dealkylation sites (tertiary alicyclic amines) is 1. The second kappa shape index (κ2) is 21.0. The van der Waals surface area contributed by atoms with Crippen LogP contribution in [0.3, 0.4) is 0 Å². The molecule has 7 rings (SSSR count). The van der Waals surface area contributed by atoms with Crippen molar-refractivity contribution in [2.75, 3.05) is 30.8 Å². The summed E-state index contributed by atoms with van der Waals surface area (Å²) < 4.78 is 65.5. The summed E-state index contributed by atoms with van der Waals surface area (Å²) in [7, 11) is -9.47. The highest BCUT2D eigenvalue weighted by Gasteiger charge is 2.50. The van der Waals surface area contributed by atoms with Crippen molar-refractivity contribution in [2.45, 2.75) is 101 Å². The lowest BCUT2D eigenvalue weighted by Crippen LogP contribution is -2.58. The number of sulfone groups is 1. The number of hydrogen-bond acceptors (Lipinski definition) is 11. The standard InChI is InChI=1S/C49H53F2N6O12PS2/c1-48(2,3)42(54-44(61)39-27-30-26-31(14-20-38(30)71-39)49(50,51)70(65,66)67)47(64)56-24-9-13-37(56)46(63)55(32-15-17-33(18-16-32)72(4,68)69)25-22-40(58)52-23-7-5-6-10-29-11-8-12-34-35(29)28-57(45(34)62)36-19-21-41(59)53-43(36)60/h8,11-12,14-18,20,26-27,36-37,42H,5,7,9,13,19,21-25,28H2,1-4H3,(H,52,58)(H,54,61)(H,53,59,60)(H2,65,66,67). The first-order valence-electron chi connectivity index (χ1n) is 23.0. The number of alkyl halides is 2. The molecule has 382 valence electrons. The molecule has 1 aromatic heterocycles. The van der Waals surface area contributed by atoms with Gasteiger partial charge in [-0.2, -0.15) is 8.78 Å². The van der Waals surface area contributed by atoms with E-state index >= 15 is 0 Å². The Balaban J connectivity index is 0.997. The monoisotopic (exact) mass is 1050 g/mol. The van der Waals surface area contributed by atoms with Crippen LogP contribution in [0.4, 0.5) is 14.5 Å². The zero-order valence-corrected chi connectivity index (χ0v) is 42.2. The van der Waals surface area contributed by atoms with Crippen LogP contribution in [0.1, 0.15) is 102 Å². The summed E-state index contributed by atoms with van der Waals surface area (Å²) >= 11 is 0.921. The fraction of sp³-hybridized carbons (Fsp3) is 0.408. The number of carbonyl (C=O) groups is 7. The Morgan fingerprint density at radius 1 is 1.01 bits per heavy atom. The number of unbranched alkanes of at least 4 members (excludes halogenated alkanes) is 1. The second-order valence-electron chi connectivity index (χ2n) is 18.9. The van der Waals surface area contributed by atoms with E-state index in [0.29, 0.717) is 40.7 Å². The minimum atomic E-state index is -5.86. The van der Waals surface area contributed by atoms with Gasteiger partial charge in [0.05, 0.1) is 9.77 Å². The highest BCUT2D eigenvalue weighted by atomic mass is 32.2. The summed E-state index contributed by atoms with van der Waals surface area (Å²) in [6.07, 6.45) is 2.72. The topological polar surface area (TPSA) is 257 Å². The molecule has 3 atom stereocenters. The molecule has 2 fully saturated rings. The SMILES string of the molecule is CC(C)(C)C(NC(=O)c1cc2cc(C(F)(F)P(=O)(O)O)ccc2s1)C(=O)N1CCCC1C(=O)N(CCC(=O)NCCCC#Cc1cccc2c1CN(C1CCC(=O)NC1=O)C2=O)c1ccc(S(C)(=O)=O)cc1. The molecular weight excluding hydrogens is 998 g/mol. The number of fused-ring (bicyclic) bond motifs is 2. The molecule has 3 aromatic carbocycles. The summed E-state index contributed by atoms with van der Waals surface area (Å²) in [5.74, 6) is 2.73. The molecule has 72 heavy (non-hydrogen) atoms. The molecule has 2 saturated heterocycles. The number of halogens is 2. The molecule has 0 radical (unpaired) electrons. The van der Waals surface area contributed by atoms with Gasteiger partial charge in [-0.25, -0.2) is 8.42 Å². The van der Waals surface area contributed by atoms with Gasteiger partial charge in [0.15, 0.2) is 9.84 Å². The van der Waals surface area contributed by atoms with E-state index < -0.39 is 81.7 Å². The molecular formula is C49H53F2N6O12PS2. The van der Waals surface area contributed by atoms with Crippen molar-refractivity contribution >= 4 is 85.9 Å². The molecule has 3 aliphatic heterocycles. The third kappa shape index (κ3) is 11.6. The maximum absolute atomic E-state index is 14.6. The average molecular weight is 1050 g/mol. The van der Waals surface area contributed by atoms with Gasteiger partial charge < -0.3 is 35.1 Å². The Labute approximate surface area is 418 Å². The number of anilines is 1. The maximum atomic E-state index is 14.6. The van der Waals surface area contributed by atoms with Gasteiger partial charge >= 0.3 is 13.3 Å². The van der Waals surface area contributed by atoms with Gasteiger partial charge in [0.25, 0.3) is 11.8 Å². The molecule has 4 heterocycles. The third-order valence-corrected chi connectivity index (χ3v) is 15.9. The zero-order chi connectivity index (χ0) is 52.5. The summed E-state index contributed by atoms with van der Waals surface area (Å²) in [5, 5.41) is 8.00. The molecule has 3 unspecified atom stereocenters. The molecule has 0 bridgehead atoms. The van der Waals surface area contributed by atoms with E-state index in [-0.39, 0.29) is 84.5 Å². The van der Waals surface area contributed by atoms with Crippen molar-refractivity contribution in [2.24, 2.45) is 5.41 Å². The molecule has 5 N–H and O–H groups in total. The number of benzene rings is 3. The normalized spacial score (nSPS) is 17.8. The number of rotatable bonds is 15. The largest absolute Gasteiger partial charge is 0.399 e. The van der Waals surface area contributed by atoms with E-state index in [0.717, 1.165) is 29.7 Å². The van der Waals surface area contributed by atoms with Crippen LogP contribution in [-0.4, -0.2) is 113 Å². The fourth-order valence-electron chi connectivity index (χ4n) is 8.80. The molecule has 3 aliphatic rings. The molecule has 0 spiro atoms. The van der Waals surface area contributed by atoms with Crippen molar-refractivity contribution in [3.8, 4) is 11.8 Å². The van der Waals surface area contributed by atoms with Crippen LogP contribution in [0.25, 0.3) is 10.1 Å². The van der Waals surface area contributed by atoms with Crippen LogP contribution in [0.5, 0.6) is 0 Å². The molecule has 0 saturated carbocycles. The zero-order valence-electron chi connectivity index (χ0n) is 39.7. The van der Waals surface area contributed by atoms with Gasteiger partial charge in [0.1, 0.15) is 18.1 Å². The smallest absolute Gasteiger partial charge is 0.356 e. The molecule has 4 aromatic rings. The molecule has 0 aliphatic carbocycles. The summed E-state index contributed by atoms with van der Waals surface area (Å²) in [6.45, 7) is 5.54.